The topological polar surface area (TPSA) is 76.2 Å². The van der Waals surface area contributed by atoms with Crippen molar-refractivity contribution in [1.82, 2.24) is 20.0 Å². The molecule has 0 spiro atoms. The Morgan fingerprint density at radius 3 is 2.44 bits per heavy atom. The molecule has 1 N–H and O–H groups in total. The average molecular weight is 606 g/mol. The second kappa shape index (κ2) is 13.0. The Bertz CT molecular complexity index is 1360. The SMILES string of the molecule is CC(=O)N1CCC(C(=O)N(CCCN2CC3CN(C(=O)c4cccc5c4CCNC5)CC3C2)c2ccc(C)c(Cl)c2)CC1. The molecule has 0 radical (unpaired) electrons. The van der Waals surface area contributed by atoms with E-state index < -0.39 is 0 Å². The van der Waals surface area contributed by atoms with E-state index in [0.717, 1.165) is 75.5 Å². The number of rotatable bonds is 7. The summed E-state index contributed by atoms with van der Waals surface area (Å²) >= 11 is 6.48. The van der Waals surface area contributed by atoms with Gasteiger partial charge >= 0.3 is 0 Å². The second-order valence-corrected chi connectivity index (χ2v) is 13.3. The van der Waals surface area contributed by atoms with Crippen LogP contribution >= 0.6 is 11.6 Å². The van der Waals surface area contributed by atoms with Gasteiger partial charge in [0.1, 0.15) is 0 Å². The number of nitrogens with one attached hydrogen (secondary N) is 1. The minimum atomic E-state index is -0.0863. The van der Waals surface area contributed by atoms with E-state index in [2.05, 4.69) is 21.2 Å². The van der Waals surface area contributed by atoms with Crippen LogP contribution in [0.15, 0.2) is 36.4 Å². The summed E-state index contributed by atoms with van der Waals surface area (Å²) in [5.74, 6) is 1.33. The third kappa shape index (κ3) is 6.47. The van der Waals surface area contributed by atoms with Gasteiger partial charge in [-0.2, -0.15) is 0 Å². The summed E-state index contributed by atoms with van der Waals surface area (Å²) < 4.78 is 0. The smallest absolute Gasteiger partial charge is 0.254 e. The maximum absolute atomic E-state index is 13.8. The zero-order valence-corrected chi connectivity index (χ0v) is 26.2. The normalized spacial score (nSPS) is 22.4. The molecule has 2 aromatic rings. The summed E-state index contributed by atoms with van der Waals surface area (Å²) in [6.45, 7) is 11.8. The number of hydrogen-bond acceptors (Lipinski definition) is 5. The van der Waals surface area contributed by atoms with E-state index in [0.29, 0.717) is 49.3 Å². The predicted molar refractivity (Wildman–Crippen MR) is 169 cm³/mol. The Kier molecular flexibility index (Phi) is 9.08. The summed E-state index contributed by atoms with van der Waals surface area (Å²) in [7, 11) is 0. The van der Waals surface area contributed by atoms with Gasteiger partial charge in [-0.05, 0) is 92.4 Å². The van der Waals surface area contributed by atoms with Crippen LogP contribution in [0.3, 0.4) is 0 Å². The van der Waals surface area contributed by atoms with Gasteiger partial charge in [-0.1, -0.05) is 29.8 Å². The highest BCUT2D eigenvalue weighted by molar-refractivity contribution is 6.31. The summed E-state index contributed by atoms with van der Waals surface area (Å²) in [6.07, 6.45) is 3.18. The molecule has 0 aliphatic carbocycles. The molecule has 0 saturated carbocycles. The van der Waals surface area contributed by atoms with Crippen molar-refractivity contribution in [3.8, 4) is 0 Å². The maximum atomic E-state index is 13.8. The van der Waals surface area contributed by atoms with E-state index in [-0.39, 0.29) is 23.6 Å². The van der Waals surface area contributed by atoms with Crippen molar-refractivity contribution < 1.29 is 14.4 Å². The number of hydrogen-bond donors (Lipinski definition) is 1. The zero-order valence-electron chi connectivity index (χ0n) is 25.5. The quantitative estimate of drug-likeness (QED) is 0.517. The highest BCUT2D eigenvalue weighted by atomic mass is 35.5. The first-order chi connectivity index (χ1) is 20.8. The number of carbonyl (C=O) groups is 3. The lowest BCUT2D eigenvalue weighted by atomic mass is 9.94. The number of amides is 3. The predicted octanol–water partition coefficient (Wildman–Crippen LogP) is 3.98. The molecule has 8 nitrogen and oxygen atoms in total. The molecular formula is C34H44ClN5O3. The lowest BCUT2D eigenvalue weighted by Gasteiger charge is -2.34. The summed E-state index contributed by atoms with van der Waals surface area (Å²) in [5, 5.41) is 4.08. The van der Waals surface area contributed by atoms with Crippen LogP contribution in [0.5, 0.6) is 0 Å². The molecule has 2 unspecified atom stereocenters. The minimum absolute atomic E-state index is 0.0764. The van der Waals surface area contributed by atoms with Crippen LogP contribution in [-0.4, -0.2) is 91.3 Å². The molecule has 0 aromatic heterocycles. The van der Waals surface area contributed by atoms with Crippen molar-refractivity contribution in [2.75, 3.05) is 63.8 Å². The second-order valence-electron chi connectivity index (χ2n) is 12.9. The van der Waals surface area contributed by atoms with E-state index in [4.69, 9.17) is 11.6 Å². The van der Waals surface area contributed by atoms with Crippen molar-refractivity contribution in [3.63, 3.8) is 0 Å². The fraction of sp³-hybridized carbons (Fsp3) is 0.559. The summed E-state index contributed by atoms with van der Waals surface area (Å²) in [5.41, 5.74) is 5.21. The number of anilines is 1. The van der Waals surface area contributed by atoms with Gasteiger partial charge < -0.3 is 24.9 Å². The Hall–Kier alpha value is -2.94. The molecule has 230 valence electrons. The van der Waals surface area contributed by atoms with Gasteiger partial charge in [-0.3, -0.25) is 14.4 Å². The van der Waals surface area contributed by atoms with Gasteiger partial charge in [0, 0.05) is 81.5 Å². The van der Waals surface area contributed by atoms with E-state index in [1.165, 1.54) is 11.1 Å². The molecule has 4 heterocycles. The molecule has 4 aliphatic rings. The van der Waals surface area contributed by atoms with Crippen LogP contribution in [-0.2, 0) is 22.6 Å². The van der Waals surface area contributed by atoms with Gasteiger partial charge in [-0.25, -0.2) is 0 Å². The molecule has 4 aliphatic heterocycles. The van der Waals surface area contributed by atoms with Gasteiger partial charge in [0.15, 0.2) is 0 Å². The van der Waals surface area contributed by atoms with Crippen molar-refractivity contribution in [3.05, 3.63) is 63.7 Å². The van der Waals surface area contributed by atoms with Crippen LogP contribution < -0.4 is 10.2 Å². The standard InChI is InChI=1S/C34H44ClN5O3/c1-23-7-8-29(17-32(23)35)40(33(42)25-10-15-38(16-11-25)24(2)41)14-4-13-37-19-27-21-39(22-28(27)20-37)34(43)31-6-3-5-26-18-36-12-9-30(26)31/h3,5-8,17,25,27-28,36H,4,9-16,18-22H2,1-2H3. The molecule has 6 rings (SSSR count). The van der Waals surface area contributed by atoms with Crippen molar-refractivity contribution in [2.24, 2.45) is 17.8 Å². The van der Waals surface area contributed by atoms with Gasteiger partial charge in [-0.15, -0.1) is 0 Å². The van der Waals surface area contributed by atoms with Crippen LogP contribution in [0.25, 0.3) is 0 Å². The van der Waals surface area contributed by atoms with Crippen LogP contribution in [0.2, 0.25) is 5.02 Å². The van der Waals surface area contributed by atoms with Crippen molar-refractivity contribution >= 4 is 35.0 Å². The molecule has 3 amide bonds. The van der Waals surface area contributed by atoms with Crippen LogP contribution in [0.4, 0.5) is 5.69 Å². The van der Waals surface area contributed by atoms with Gasteiger partial charge in [0.25, 0.3) is 5.91 Å². The third-order valence-corrected chi connectivity index (χ3v) is 10.5. The summed E-state index contributed by atoms with van der Waals surface area (Å²) in [4.78, 5) is 47.5. The molecule has 2 atom stereocenters. The first kappa shape index (κ1) is 30.1. The highest BCUT2D eigenvalue weighted by Gasteiger charge is 2.42. The van der Waals surface area contributed by atoms with Crippen LogP contribution in [0, 0.1) is 24.7 Å². The molecule has 0 bridgehead atoms. The van der Waals surface area contributed by atoms with Gasteiger partial charge in [0.2, 0.25) is 11.8 Å². The Labute approximate surface area is 260 Å². The number of piperidine rings is 1. The van der Waals surface area contributed by atoms with E-state index in [1.807, 2.05) is 47.1 Å². The van der Waals surface area contributed by atoms with Crippen molar-refractivity contribution in [2.45, 2.75) is 46.1 Å². The third-order valence-electron chi connectivity index (χ3n) is 10.1. The first-order valence-electron chi connectivity index (χ1n) is 15.9. The largest absolute Gasteiger partial charge is 0.343 e. The monoisotopic (exact) mass is 605 g/mol. The molecular weight excluding hydrogens is 562 g/mol. The number of carbonyl (C=O) groups excluding carboxylic acids is 3. The number of nitrogens with zero attached hydrogens (tertiary/aromatic N) is 4. The molecule has 3 fully saturated rings. The molecule has 2 aromatic carbocycles. The molecule has 3 saturated heterocycles. The number of halogens is 1. The number of likely N-dealkylation sites (tertiary alicyclic amines) is 3. The first-order valence-corrected chi connectivity index (χ1v) is 16.3. The lowest BCUT2D eigenvalue weighted by molar-refractivity contribution is -0.133. The fourth-order valence-electron chi connectivity index (χ4n) is 7.57. The highest BCUT2D eigenvalue weighted by Crippen LogP contribution is 2.33. The molecule has 9 heteroatoms. The minimum Gasteiger partial charge on any atom is -0.343 e. The van der Waals surface area contributed by atoms with E-state index in [1.54, 1.807) is 6.92 Å². The zero-order chi connectivity index (χ0) is 30.1. The Balaban J connectivity index is 1.04. The Morgan fingerprint density at radius 2 is 1.74 bits per heavy atom. The molecule has 43 heavy (non-hydrogen) atoms. The fourth-order valence-corrected chi connectivity index (χ4v) is 7.75. The Morgan fingerprint density at radius 1 is 1.00 bits per heavy atom. The maximum Gasteiger partial charge on any atom is 0.254 e. The van der Waals surface area contributed by atoms with Crippen molar-refractivity contribution in [1.29, 1.82) is 0 Å². The number of aryl methyl sites for hydroxylation is 1. The lowest BCUT2D eigenvalue weighted by Crippen LogP contribution is -2.44. The number of benzene rings is 2. The van der Waals surface area contributed by atoms with Crippen LogP contribution in [0.1, 0.15) is 53.2 Å². The average Bonchev–Trinajstić information content (AvgIpc) is 3.59. The number of fused-ring (bicyclic) bond motifs is 2. The van der Waals surface area contributed by atoms with E-state index in [9.17, 15) is 14.4 Å². The summed E-state index contributed by atoms with van der Waals surface area (Å²) in [6, 6.07) is 12.0. The van der Waals surface area contributed by atoms with Gasteiger partial charge in [0.05, 0.1) is 0 Å². The van der Waals surface area contributed by atoms with E-state index >= 15 is 0 Å².